The maximum absolute atomic E-state index is 13.2. The normalized spacial score (nSPS) is 14.3. The number of carbonyl (C=O) groups is 2. The highest BCUT2D eigenvalue weighted by Gasteiger charge is 2.33. The highest BCUT2D eigenvalue weighted by atomic mass is 35.5. The number of halogens is 1. The number of carbonyl (C=O) groups excluding carboxylic acids is 2. The van der Waals surface area contributed by atoms with E-state index in [0.29, 0.717) is 22.8 Å². The van der Waals surface area contributed by atoms with Gasteiger partial charge in [-0.05, 0) is 30.7 Å². The summed E-state index contributed by atoms with van der Waals surface area (Å²) < 4.78 is 0. The number of hydrogen-bond acceptors (Lipinski definition) is 3. The molecule has 5 nitrogen and oxygen atoms in total. The fourth-order valence-electron chi connectivity index (χ4n) is 3.79. The SMILES string of the molecule is CCC(C(=O)Nc1cccc(Cl)c1)N1C(=O)CN=C(c2ccccc2)c2ccccc21. The Bertz CT molecular complexity index is 1140. The zero-order valence-electron chi connectivity index (χ0n) is 17.1. The molecule has 1 aliphatic rings. The largest absolute Gasteiger partial charge is 0.324 e. The number of anilines is 2. The molecule has 1 unspecified atom stereocenters. The number of nitrogens with one attached hydrogen (secondary N) is 1. The first-order valence-electron chi connectivity index (χ1n) is 10.2. The van der Waals surface area contributed by atoms with Gasteiger partial charge in [-0.1, -0.05) is 73.1 Å². The van der Waals surface area contributed by atoms with Crippen molar-refractivity contribution >= 4 is 40.5 Å². The molecule has 0 saturated carbocycles. The third-order valence-electron chi connectivity index (χ3n) is 5.20. The molecule has 0 radical (unpaired) electrons. The topological polar surface area (TPSA) is 61.8 Å². The molecule has 3 aromatic rings. The molecule has 0 bridgehead atoms. The lowest BCUT2D eigenvalue weighted by Crippen LogP contribution is -2.48. The molecule has 1 atom stereocenters. The maximum Gasteiger partial charge on any atom is 0.249 e. The molecular formula is C25H22ClN3O2. The first-order chi connectivity index (χ1) is 15.1. The summed E-state index contributed by atoms with van der Waals surface area (Å²) >= 11 is 6.05. The van der Waals surface area contributed by atoms with E-state index in [-0.39, 0.29) is 18.4 Å². The van der Waals surface area contributed by atoms with Crippen molar-refractivity contribution in [3.8, 4) is 0 Å². The predicted molar refractivity (Wildman–Crippen MR) is 125 cm³/mol. The quantitative estimate of drug-likeness (QED) is 0.621. The van der Waals surface area contributed by atoms with Crippen LogP contribution in [0.2, 0.25) is 5.02 Å². The summed E-state index contributed by atoms with van der Waals surface area (Å²) in [6.45, 7) is 1.86. The van der Waals surface area contributed by atoms with Crippen LogP contribution in [0.4, 0.5) is 11.4 Å². The van der Waals surface area contributed by atoms with Gasteiger partial charge in [-0.15, -0.1) is 0 Å². The van der Waals surface area contributed by atoms with E-state index in [1.165, 1.54) is 0 Å². The maximum atomic E-state index is 13.2. The third kappa shape index (κ3) is 4.37. The molecule has 3 aromatic carbocycles. The standard InChI is InChI=1S/C25H22ClN3O2/c1-2-21(25(31)28-19-12-8-11-18(26)15-19)29-22-14-7-6-13-20(22)24(27-16-23(29)30)17-9-4-3-5-10-17/h3-15,21H,2,16H2,1H3,(H,28,31). The van der Waals surface area contributed by atoms with E-state index >= 15 is 0 Å². The van der Waals surface area contributed by atoms with Crippen LogP contribution in [0.1, 0.15) is 24.5 Å². The number of benzodiazepines with no additional fused rings is 1. The van der Waals surface area contributed by atoms with Crippen molar-refractivity contribution in [3.63, 3.8) is 0 Å². The Morgan fingerprint density at radius 2 is 1.81 bits per heavy atom. The number of amides is 2. The fraction of sp³-hybridized carbons (Fsp3) is 0.160. The average Bonchev–Trinajstić information content (AvgIpc) is 2.92. The molecule has 1 heterocycles. The molecule has 1 aliphatic heterocycles. The first-order valence-corrected chi connectivity index (χ1v) is 10.5. The molecule has 156 valence electrons. The zero-order chi connectivity index (χ0) is 21.8. The van der Waals surface area contributed by atoms with Gasteiger partial charge in [0.25, 0.3) is 0 Å². The Kier molecular flexibility index (Phi) is 6.14. The van der Waals surface area contributed by atoms with Gasteiger partial charge in [0.05, 0.1) is 11.4 Å². The summed E-state index contributed by atoms with van der Waals surface area (Å²) in [5.74, 6) is -0.484. The lowest BCUT2D eigenvalue weighted by atomic mass is 9.99. The van der Waals surface area contributed by atoms with Crippen LogP contribution in [-0.2, 0) is 9.59 Å². The second kappa shape index (κ2) is 9.14. The Morgan fingerprint density at radius 3 is 2.55 bits per heavy atom. The van der Waals surface area contributed by atoms with Crippen molar-refractivity contribution in [2.75, 3.05) is 16.8 Å². The van der Waals surface area contributed by atoms with Crippen molar-refractivity contribution in [1.82, 2.24) is 0 Å². The van der Waals surface area contributed by atoms with Crippen LogP contribution in [0, 0.1) is 0 Å². The number of nitrogens with zero attached hydrogens (tertiary/aromatic N) is 2. The summed E-state index contributed by atoms with van der Waals surface area (Å²) in [6.07, 6.45) is 0.452. The lowest BCUT2D eigenvalue weighted by molar-refractivity contribution is -0.123. The van der Waals surface area contributed by atoms with Crippen LogP contribution >= 0.6 is 11.6 Å². The molecule has 0 fully saturated rings. The van der Waals surface area contributed by atoms with E-state index in [4.69, 9.17) is 11.6 Å². The molecule has 1 N–H and O–H groups in total. The van der Waals surface area contributed by atoms with Crippen LogP contribution in [0.15, 0.2) is 83.9 Å². The second-order valence-corrected chi connectivity index (χ2v) is 7.67. The minimum Gasteiger partial charge on any atom is -0.324 e. The molecule has 0 spiro atoms. The van der Waals surface area contributed by atoms with Gasteiger partial charge < -0.3 is 5.32 Å². The summed E-state index contributed by atoms with van der Waals surface area (Å²) in [6, 6.07) is 23.6. The van der Waals surface area contributed by atoms with Crippen molar-refractivity contribution < 1.29 is 9.59 Å². The van der Waals surface area contributed by atoms with Gasteiger partial charge >= 0.3 is 0 Å². The third-order valence-corrected chi connectivity index (χ3v) is 5.44. The van der Waals surface area contributed by atoms with Crippen LogP contribution in [0.3, 0.4) is 0 Å². The minimum absolute atomic E-state index is 0.0279. The van der Waals surface area contributed by atoms with E-state index < -0.39 is 6.04 Å². The molecular weight excluding hydrogens is 410 g/mol. The van der Waals surface area contributed by atoms with E-state index in [1.807, 2.05) is 61.5 Å². The van der Waals surface area contributed by atoms with Gasteiger partial charge in [-0.3, -0.25) is 19.5 Å². The highest BCUT2D eigenvalue weighted by Crippen LogP contribution is 2.29. The van der Waals surface area contributed by atoms with Crippen molar-refractivity contribution in [2.45, 2.75) is 19.4 Å². The molecule has 0 aromatic heterocycles. The first kappa shape index (κ1) is 20.8. The van der Waals surface area contributed by atoms with Gasteiger partial charge in [-0.2, -0.15) is 0 Å². The molecule has 6 heteroatoms. The molecule has 0 saturated heterocycles. The molecule has 0 aliphatic carbocycles. The van der Waals surface area contributed by atoms with Gasteiger partial charge in [0.2, 0.25) is 11.8 Å². The van der Waals surface area contributed by atoms with Crippen LogP contribution in [0.25, 0.3) is 0 Å². The second-order valence-electron chi connectivity index (χ2n) is 7.24. The number of benzene rings is 3. The zero-order valence-corrected chi connectivity index (χ0v) is 17.8. The molecule has 4 rings (SSSR count). The smallest absolute Gasteiger partial charge is 0.249 e. The number of rotatable bonds is 5. The summed E-state index contributed by atoms with van der Waals surface area (Å²) in [4.78, 5) is 32.6. The van der Waals surface area contributed by atoms with Crippen LogP contribution in [-0.4, -0.2) is 30.1 Å². The summed E-state index contributed by atoms with van der Waals surface area (Å²) in [7, 11) is 0. The van der Waals surface area contributed by atoms with E-state index in [2.05, 4.69) is 10.3 Å². The Morgan fingerprint density at radius 1 is 1.06 bits per heavy atom. The van der Waals surface area contributed by atoms with Crippen molar-refractivity contribution in [2.24, 2.45) is 4.99 Å². The van der Waals surface area contributed by atoms with Crippen molar-refractivity contribution in [1.29, 1.82) is 0 Å². The Balaban J connectivity index is 1.72. The fourth-order valence-corrected chi connectivity index (χ4v) is 3.98. The van der Waals surface area contributed by atoms with Gasteiger partial charge in [0, 0.05) is 21.8 Å². The predicted octanol–water partition coefficient (Wildman–Crippen LogP) is 4.94. The number of fused-ring (bicyclic) bond motifs is 1. The van der Waals surface area contributed by atoms with Crippen LogP contribution in [0.5, 0.6) is 0 Å². The number of hydrogen-bond donors (Lipinski definition) is 1. The van der Waals surface area contributed by atoms with Crippen LogP contribution < -0.4 is 10.2 Å². The number of para-hydroxylation sites is 1. The monoisotopic (exact) mass is 431 g/mol. The van der Waals surface area contributed by atoms with E-state index in [9.17, 15) is 9.59 Å². The average molecular weight is 432 g/mol. The van der Waals surface area contributed by atoms with Gasteiger partial charge in [0.15, 0.2) is 0 Å². The minimum atomic E-state index is -0.682. The molecule has 31 heavy (non-hydrogen) atoms. The van der Waals surface area contributed by atoms with E-state index in [1.54, 1.807) is 29.2 Å². The lowest BCUT2D eigenvalue weighted by Gasteiger charge is -2.30. The highest BCUT2D eigenvalue weighted by molar-refractivity contribution is 6.31. The molecule has 2 amide bonds. The van der Waals surface area contributed by atoms with Gasteiger partial charge in [0.1, 0.15) is 12.6 Å². The Hall–Kier alpha value is -3.44. The van der Waals surface area contributed by atoms with Gasteiger partial charge in [-0.25, -0.2) is 0 Å². The summed E-state index contributed by atoms with van der Waals surface area (Å²) in [5, 5.41) is 3.42. The van der Waals surface area contributed by atoms with Crippen molar-refractivity contribution in [3.05, 3.63) is 95.0 Å². The van der Waals surface area contributed by atoms with E-state index in [0.717, 1.165) is 16.8 Å². The number of aliphatic imine (C=N–C) groups is 1. The Labute approximate surface area is 186 Å². The summed E-state index contributed by atoms with van der Waals surface area (Å²) in [5.41, 5.74) is 3.78.